The summed E-state index contributed by atoms with van der Waals surface area (Å²) in [4.78, 5) is 0. The highest BCUT2D eigenvalue weighted by Crippen LogP contribution is 2.57. The first-order chi connectivity index (χ1) is 9.62. The second-order valence-corrected chi connectivity index (χ2v) is 7.05. The zero-order chi connectivity index (χ0) is 14.2. The third kappa shape index (κ3) is 2.71. The highest BCUT2D eigenvalue weighted by atomic mass is 16.5. The molecule has 1 saturated carbocycles. The molecule has 0 radical (unpaired) electrons. The van der Waals surface area contributed by atoms with Crippen LogP contribution in [-0.4, -0.2) is 13.2 Å². The number of nitrogens with one attached hydrogen (secondary N) is 1. The fourth-order valence-corrected chi connectivity index (χ4v) is 3.44. The van der Waals surface area contributed by atoms with Gasteiger partial charge in [0.25, 0.3) is 0 Å². The summed E-state index contributed by atoms with van der Waals surface area (Å²) >= 11 is 0. The summed E-state index contributed by atoms with van der Waals surface area (Å²) < 4.78 is 5.74. The first kappa shape index (κ1) is 13.9. The molecule has 110 valence electrons. The molecule has 0 aromatic heterocycles. The van der Waals surface area contributed by atoms with Crippen LogP contribution in [0.3, 0.4) is 0 Å². The van der Waals surface area contributed by atoms with Crippen molar-refractivity contribution >= 4 is 0 Å². The van der Waals surface area contributed by atoms with Gasteiger partial charge < -0.3 is 10.1 Å². The van der Waals surface area contributed by atoms with Gasteiger partial charge in [0.05, 0.1) is 6.61 Å². The third-order valence-electron chi connectivity index (χ3n) is 4.90. The average molecular weight is 273 g/mol. The normalized spacial score (nSPS) is 24.6. The number of fused-ring (bicyclic) bond motifs is 1. The van der Waals surface area contributed by atoms with Crippen molar-refractivity contribution in [2.24, 2.45) is 11.3 Å². The average Bonchev–Trinajstić information content (AvgIpc) is 3.08. The minimum atomic E-state index is 0.498. The van der Waals surface area contributed by atoms with Crippen molar-refractivity contribution in [1.29, 1.82) is 0 Å². The first-order valence-corrected chi connectivity index (χ1v) is 8.11. The number of rotatable bonds is 5. The fraction of sp³-hybridized carbons (Fsp3) is 0.667. The van der Waals surface area contributed by atoms with Crippen LogP contribution in [0.15, 0.2) is 18.2 Å². The van der Waals surface area contributed by atoms with Crippen molar-refractivity contribution in [3.63, 3.8) is 0 Å². The summed E-state index contributed by atoms with van der Waals surface area (Å²) in [6.45, 7) is 8.99. The van der Waals surface area contributed by atoms with Gasteiger partial charge in [0.15, 0.2) is 0 Å². The van der Waals surface area contributed by atoms with Gasteiger partial charge in [-0.3, -0.25) is 0 Å². The molecule has 1 N–H and O–H groups in total. The van der Waals surface area contributed by atoms with Crippen molar-refractivity contribution in [1.82, 2.24) is 5.32 Å². The van der Waals surface area contributed by atoms with Gasteiger partial charge in [-0.1, -0.05) is 32.9 Å². The predicted octanol–water partition coefficient (Wildman–Crippen LogP) is 4.10. The van der Waals surface area contributed by atoms with Crippen molar-refractivity contribution in [2.75, 3.05) is 13.2 Å². The second-order valence-electron chi connectivity index (χ2n) is 7.05. The zero-order valence-electron chi connectivity index (χ0n) is 13.0. The molecular formula is C18H27NO. The van der Waals surface area contributed by atoms with E-state index in [9.17, 15) is 0 Å². The second kappa shape index (κ2) is 5.40. The van der Waals surface area contributed by atoms with Gasteiger partial charge in [-0.25, -0.2) is 0 Å². The first-order valence-electron chi connectivity index (χ1n) is 8.11. The van der Waals surface area contributed by atoms with Crippen LogP contribution in [0.25, 0.3) is 0 Å². The molecule has 0 saturated heterocycles. The highest BCUT2D eigenvalue weighted by Gasteiger charge is 2.50. The van der Waals surface area contributed by atoms with E-state index in [0.717, 1.165) is 37.7 Å². The minimum Gasteiger partial charge on any atom is -0.493 e. The molecule has 1 aromatic rings. The van der Waals surface area contributed by atoms with Gasteiger partial charge in [-0.15, -0.1) is 0 Å². The lowest BCUT2D eigenvalue weighted by molar-refractivity contribution is 0.288. The van der Waals surface area contributed by atoms with E-state index in [4.69, 9.17) is 4.74 Å². The molecule has 2 atom stereocenters. The van der Waals surface area contributed by atoms with Gasteiger partial charge in [0.2, 0.25) is 0 Å². The topological polar surface area (TPSA) is 21.3 Å². The van der Waals surface area contributed by atoms with Crippen LogP contribution in [0, 0.1) is 11.3 Å². The Hall–Kier alpha value is -1.02. The van der Waals surface area contributed by atoms with Crippen molar-refractivity contribution in [3.8, 4) is 5.75 Å². The van der Waals surface area contributed by atoms with Gasteiger partial charge in [-0.2, -0.15) is 0 Å². The summed E-state index contributed by atoms with van der Waals surface area (Å²) in [6.07, 6.45) is 4.84. The van der Waals surface area contributed by atoms with E-state index >= 15 is 0 Å². The van der Waals surface area contributed by atoms with Gasteiger partial charge in [-0.05, 0) is 60.8 Å². The third-order valence-corrected chi connectivity index (χ3v) is 4.90. The lowest BCUT2D eigenvalue weighted by Crippen LogP contribution is -2.25. The van der Waals surface area contributed by atoms with E-state index in [1.807, 2.05) is 0 Å². The van der Waals surface area contributed by atoms with Gasteiger partial charge in [0, 0.05) is 6.04 Å². The summed E-state index contributed by atoms with van der Waals surface area (Å²) in [5, 5.41) is 3.77. The summed E-state index contributed by atoms with van der Waals surface area (Å²) in [5.74, 6) is 1.88. The predicted molar refractivity (Wildman–Crippen MR) is 83.2 cm³/mol. The Kier molecular flexibility index (Phi) is 3.76. The number of hydrogen-bond donors (Lipinski definition) is 1. The van der Waals surface area contributed by atoms with E-state index in [-0.39, 0.29) is 0 Å². The maximum Gasteiger partial charge on any atom is 0.122 e. The van der Waals surface area contributed by atoms with E-state index in [1.54, 1.807) is 0 Å². The van der Waals surface area contributed by atoms with E-state index in [1.165, 1.54) is 24.0 Å². The van der Waals surface area contributed by atoms with Crippen LogP contribution in [-0.2, 0) is 6.42 Å². The fourth-order valence-electron chi connectivity index (χ4n) is 3.44. The Morgan fingerprint density at radius 1 is 1.40 bits per heavy atom. The Morgan fingerprint density at radius 2 is 2.20 bits per heavy atom. The Labute approximate surface area is 122 Å². The van der Waals surface area contributed by atoms with Crippen molar-refractivity contribution < 1.29 is 4.74 Å². The van der Waals surface area contributed by atoms with Crippen LogP contribution >= 0.6 is 0 Å². The Bertz CT molecular complexity index is 480. The van der Waals surface area contributed by atoms with Crippen molar-refractivity contribution in [3.05, 3.63) is 29.3 Å². The molecule has 0 spiro atoms. The molecule has 2 heteroatoms. The number of benzene rings is 1. The molecule has 0 amide bonds. The molecule has 2 aliphatic rings. The SMILES string of the molecule is CCCNC(c1ccc2c(c1)CCCO2)C1CC1(C)C. The molecule has 3 rings (SSSR count). The lowest BCUT2D eigenvalue weighted by atomic mass is 9.93. The van der Waals surface area contributed by atoms with Crippen LogP contribution in [0.2, 0.25) is 0 Å². The lowest BCUT2D eigenvalue weighted by Gasteiger charge is -2.24. The largest absolute Gasteiger partial charge is 0.493 e. The monoisotopic (exact) mass is 273 g/mol. The molecule has 1 fully saturated rings. The maximum atomic E-state index is 5.74. The molecule has 1 aliphatic carbocycles. The molecule has 20 heavy (non-hydrogen) atoms. The number of ether oxygens (including phenoxy) is 1. The summed E-state index contributed by atoms with van der Waals surface area (Å²) in [6, 6.07) is 7.35. The highest BCUT2D eigenvalue weighted by molar-refractivity contribution is 5.40. The van der Waals surface area contributed by atoms with Gasteiger partial charge in [0.1, 0.15) is 5.75 Å². The zero-order valence-corrected chi connectivity index (χ0v) is 13.0. The summed E-state index contributed by atoms with van der Waals surface area (Å²) in [7, 11) is 0. The Morgan fingerprint density at radius 3 is 2.90 bits per heavy atom. The number of hydrogen-bond acceptors (Lipinski definition) is 2. The summed E-state index contributed by atoms with van der Waals surface area (Å²) in [5.41, 5.74) is 3.35. The standard InChI is InChI=1S/C18H27NO/c1-4-9-19-17(15-12-18(15,2)3)14-7-8-16-13(11-14)6-5-10-20-16/h7-8,11,15,17,19H,4-6,9-10,12H2,1-3H3. The van der Waals surface area contributed by atoms with Crippen molar-refractivity contribution in [2.45, 2.75) is 52.5 Å². The molecule has 0 bridgehead atoms. The van der Waals surface area contributed by atoms with Crippen LogP contribution in [0.5, 0.6) is 5.75 Å². The quantitative estimate of drug-likeness (QED) is 0.872. The molecular weight excluding hydrogens is 246 g/mol. The molecule has 2 unspecified atom stereocenters. The maximum absolute atomic E-state index is 5.74. The Balaban J connectivity index is 1.83. The van der Waals surface area contributed by atoms with Crippen LogP contribution in [0.1, 0.15) is 57.2 Å². The molecule has 2 nitrogen and oxygen atoms in total. The van der Waals surface area contributed by atoms with Crippen LogP contribution < -0.4 is 10.1 Å². The smallest absolute Gasteiger partial charge is 0.122 e. The van der Waals surface area contributed by atoms with E-state index in [0.29, 0.717) is 11.5 Å². The molecule has 1 aliphatic heterocycles. The molecule has 1 heterocycles. The van der Waals surface area contributed by atoms with E-state index in [2.05, 4.69) is 44.3 Å². The molecule has 1 aromatic carbocycles. The number of aryl methyl sites for hydroxylation is 1. The minimum absolute atomic E-state index is 0.498. The van der Waals surface area contributed by atoms with Crippen LogP contribution in [0.4, 0.5) is 0 Å². The van der Waals surface area contributed by atoms with E-state index < -0.39 is 0 Å². The van der Waals surface area contributed by atoms with Gasteiger partial charge >= 0.3 is 0 Å².